The zero-order valence-electron chi connectivity index (χ0n) is 13.4. The van der Waals surface area contributed by atoms with Gasteiger partial charge in [-0.2, -0.15) is 0 Å². The first-order valence-electron chi connectivity index (χ1n) is 8.28. The molecule has 0 bridgehead atoms. The lowest BCUT2D eigenvalue weighted by Gasteiger charge is -2.33. The van der Waals surface area contributed by atoms with Crippen molar-refractivity contribution in [3.05, 3.63) is 24.0 Å². The Morgan fingerprint density at radius 1 is 1.29 bits per heavy atom. The molecule has 3 rings (SSSR count). The predicted octanol–water partition coefficient (Wildman–Crippen LogP) is 2.76. The highest BCUT2D eigenvalue weighted by molar-refractivity contribution is 5.80. The lowest BCUT2D eigenvalue weighted by atomic mass is 9.73. The van der Waals surface area contributed by atoms with Gasteiger partial charge in [-0.25, -0.2) is 0 Å². The van der Waals surface area contributed by atoms with Gasteiger partial charge >= 0.3 is 0 Å². The molecule has 2 aliphatic rings. The third-order valence-electron chi connectivity index (χ3n) is 5.34. The van der Waals surface area contributed by atoms with Crippen molar-refractivity contribution in [2.45, 2.75) is 45.1 Å². The minimum atomic E-state index is 0.584. The van der Waals surface area contributed by atoms with Crippen molar-refractivity contribution < 1.29 is 0 Å². The zero-order valence-corrected chi connectivity index (χ0v) is 13.4. The quantitative estimate of drug-likeness (QED) is 0.670. The summed E-state index contributed by atoms with van der Waals surface area (Å²) < 4.78 is 2.16. The number of rotatable bonds is 2. The Morgan fingerprint density at radius 2 is 2.10 bits per heavy atom. The Balaban J connectivity index is 1.58. The molecule has 0 amide bonds. The maximum Gasteiger partial charge on any atom is 0.193 e. The summed E-state index contributed by atoms with van der Waals surface area (Å²) in [5, 5.41) is 3.53. The van der Waals surface area contributed by atoms with Gasteiger partial charge < -0.3 is 14.8 Å². The molecule has 0 radical (unpaired) electrons. The van der Waals surface area contributed by atoms with Crippen LogP contribution in [-0.4, -0.2) is 35.6 Å². The molecule has 4 nitrogen and oxygen atoms in total. The SMILES string of the molecule is CN=C(NCc1cccn1C)N1CCC2(CCCCC2)C1. The molecule has 0 unspecified atom stereocenters. The molecule has 1 aliphatic carbocycles. The highest BCUT2D eigenvalue weighted by Gasteiger charge is 2.39. The van der Waals surface area contributed by atoms with Crippen molar-refractivity contribution >= 4 is 5.96 Å². The van der Waals surface area contributed by atoms with Crippen LogP contribution in [0, 0.1) is 5.41 Å². The first kappa shape index (κ1) is 14.5. The standard InChI is InChI=1S/C17H28N4/c1-18-16(19-13-15-7-6-11-20(15)2)21-12-10-17(14-21)8-4-3-5-9-17/h6-7,11H,3-5,8-10,12-14H2,1-2H3,(H,18,19). The molecule has 4 heteroatoms. The largest absolute Gasteiger partial charge is 0.353 e. The van der Waals surface area contributed by atoms with Crippen LogP contribution < -0.4 is 5.32 Å². The summed E-state index contributed by atoms with van der Waals surface area (Å²) in [4.78, 5) is 6.97. The van der Waals surface area contributed by atoms with E-state index in [4.69, 9.17) is 0 Å². The number of likely N-dealkylation sites (tertiary alicyclic amines) is 1. The second kappa shape index (κ2) is 6.12. The normalized spacial score (nSPS) is 22.0. The maximum atomic E-state index is 4.50. The molecule has 0 atom stereocenters. The topological polar surface area (TPSA) is 32.6 Å². The summed E-state index contributed by atoms with van der Waals surface area (Å²) >= 11 is 0. The summed E-state index contributed by atoms with van der Waals surface area (Å²) in [6.07, 6.45) is 10.5. The van der Waals surface area contributed by atoms with E-state index in [0.29, 0.717) is 5.41 Å². The minimum absolute atomic E-state index is 0.584. The fraction of sp³-hybridized carbons (Fsp3) is 0.706. The lowest BCUT2D eigenvalue weighted by molar-refractivity contribution is 0.203. The number of nitrogens with zero attached hydrogens (tertiary/aromatic N) is 3. The van der Waals surface area contributed by atoms with Gasteiger partial charge in [0.15, 0.2) is 5.96 Å². The number of aliphatic imine (C=N–C) groups is 1. The van der Waals surface area contributed by atoms with Crippen LogP contribution in [0.15, 0.2) is 23.3 Å². The van der Waals surface area contributed by atoms with Gasteiger partial charge in [-0.15, -0.1) is 0 Å². The van der Waals surface area contributed by atoms with Gasteiger partial charge in [0, 0.05) is 39.1 Å². The van der Waals surface area contributed by atoms with Crippen LogP contribution in [0.5, 0.6) is 0 Å². The van der Waals surface area contributed by atoms with E-state index in [9.17, 15) is 0 Å². The van der Waals surface area contributed by atoms with E-state index in [-0.39, 0.29) is 0 Å². The third kappa shape index (κ3) is 3.09. The Kier molecular flexibility index (Phi) is 4.22. The van der Waals surface area contributed by atoms with Gasteiger partial charge in [0.25, 0.3) is 0 Å². The molecule has 1 aromatic rings. The van der Waals surface area contributed by atoms with Crippen LogP contribution in [0.1, 0.15) is 44.2 Å². The minimum Gasteiger partial charge on any atom is -0.353 e. The second-order valence-corrected chi connectivity index (χ2v) is 6.74. The molecule has 2 heterocycles. The number of aromatic nitrogens is 1. The maximum absolute atomic E-state index is 4.50. The molecule has 1 spiro atoms. The van der Waals surface area contributed by atoms with Crippen molar-refractivity contribution in [2.75, 3.05) is 20.1 Å². The van der Waals surface area contributed by atoms with E-state index in [2.05, 4.69) is 45.2 Å². The molecule has 1 aliphatic heterocycles. The monoisotopic (exact) mass is 288 g/mol. The van der Waals surface area contributed by atoms with Crippen molar-refractivity contribution in [1.29, 1.82) is 0 Å². The van der Waals surface area contributed by atoms with Crippen molar-refractivity contribution in [3.8, 4) is 0 Å². The summed E-state index contributed by atoms with van der Waals surface area (Å²) in [6, 6.07) is 4.25. The van der Waals surface area contributed by atoms with Crippen LogP contribution in [0.4, 0.5) is 0 Å². The first-order chi connectivity index (χ1) is 10.2. The number of aryl methyl sites for hydroxylation is 1. The van der Waals surface area contributed by atoms with Crippen LogP contribution in [0.2, 0.25) is 0 Å². The molecule has 2 fully saturated rings. The second-order valence-electron chi connectivity index (χ2n) is 6.74. The lowest BCUT2D eigenvalue weighted by Crippen LogP contribution is -2.41. The Labute approximate surface area is 128 Å². The third-order valence-corrected chi connectivity index (χ3v) is 5.34. The van der Waals surface area contributed by atoms with Gasteiger partial charge in [0.2, 0.25) is 0 Å². The van der Waals surface area contributed by atoms with Crippen LogP contribution in [-0.2, 0) is 13.6 Å². The molecule has 21 heavy (non-hydrogen) atoms. The average molecular weight is 288 g/mol. The first-order valence-corrected chi connectivity index (χ1v) is 8.28. The molecule has 1 N–H and O–H groups in total. The van der Waals surface area contributed by atoms with Crippen LogP contribution in [0.3, 0.4) is 0 Å². The van der Waals surface area contributed by atoms with Crippen molar-refractivity contribution in [3.63, 3.8) is 0 Å². The van der Waals surface area contributed by atoms with Crippen LogP contribution in [0.25, 0.3) is 0 Å². The van der Waals surface area contributed by atoms with Crippen molar-refractivity contribution in [1.82, 2.24) is 14.8 Å². The number of hydrogen-bond acceptors (Lipinski definition) is 1. The van der Waals surface area contributed by atoms with E-state index in [1.54, 1.807) is 0 Å². The van der Waals surface area contributed by atoms with Gasteiger partial charge in [0.05, 0.1) is 6.54 Å². The summed E-state index contributed by atoms with van der Waals surface area (Å²) in [5.74, 6) is 1.07. The molecule has 1 aromatic heterocycles. The Bertz CT molecular complexity index is 497. The van der Waals surface area contributed by atoms with E-state index in [1.165, 1.54) is 50.8 Å². The highest BCUT2D eigenvalue weighted by Crippen LogP contribution is 2.43. The van der Waals surface area contributed by atoms with E-state index >= 15 is 0 Å². The van der Waals surface area contributed by atoms with E-state index in [0.717, 1.165) is 19.0 Å². The van der Waals surface area contributed by atoms with Gasteiger partial charge in [-0.05, 0) is 36.8 Å². The van der Waals surface area contributed by atoms with Gasteiger partial charge in [0.1, 0.15) is 0 Å². The smallest absolute Gasteiger partial charge is 0.193 e. The van der Waals surface area contributed by atoms with Gasteiger partial charge in [-0.1, -0.05) is 19.3 Å². The van der Waals surface area contributed by atoms with Gasteiger partial charge in [-0.3, -0.25) is 4.99 Å². The average Bonchev–Trinajstić information content (AvgIpc) is 3.08. The Morgan fingerprint density at radius 3 is 2.76 bits per heavy atom. The molecule has 0 aromatic carbocycles. The van der Waals surface area contributed by atoms with Crippen LogP contribution >= 0.6 is 0 Å². The fourth-order valence-electron chi connectivity index (χ4n) is 4.01. The number of guanidine groups is 1. The number of hydrogen-bond donors (Lipinski definition) is 1. The molecule has 116 valence electrons. The molecular formula is C17H28N4. The van der Waals surface area contributed by atoms with E-state index in [1.807, 2.05) is 7.05 Å². The number of nitrogens with one attached hydrogen (secondary N) is 1. The summed E-state index contributed by atoms with van der Waals surface area (Å²) in [5.41, 5.74) is 1.88. The highest BCUT2D eigenvalue weighted by atomic mass is 15.3. The van der Waals surface area contributed by atoms with E-state index < -0.39 is 0 Å². The predicted molar refractivity (Wildman–Crippen MR) is 87.3 cm³/mol. The van der Waals surface area contributed by atoms with Crippen molar-refractivity contribution in [2.24, 2.45) is 17.5 Å². The zero-order chi connectivity index (χ0) is 14.7. The Hall–Kier alpha value is -1.45. The fourth-order valence-corrected chi connectivity index (χ4v) is 4.01. The summed E-state index contributed by atoms with van der Waals surface area (Å²) in [6.45, 7) is 3.20. The molecule has 1 saturated carbocycles. The summed E-state index contributed by atoms with van der Waals surface area (Å²) in [7, 11) is 3.99. The molecular weight excluding hydrogens is 260 g/mol. The molecule has 1 saturated heterocycles.